The minimum Gasteiger partial charge on any atom is -0.488 e. The number of fused-ring (bicyclic) bond motifs is 1. The van der Waals surface area contributed by atoms with E-state index in [0.717, 1.165) is 38.4 Å². The molecule has 5 heteroatoms. The molecule has 0 saturated carbocycles. The van der Waals surface area contributed by atoms with Gasteiger partial charge in [-0.1, -0.05) is 18.2 Å². The van der Waals surface area contributed by atoms with Crippen LogP contribution >= 0.6 is 0 Å². The van der Waals surface area contributed by atoms with Gasteiger partial charge in [0.1, 0.15) is 11.9 Å². The van der Waals surface area contributed by atoms with Crippen molar-refractivity contribution < 1.29 is 9.47 Å². The van der Waals surface area contributed by atoms with Gasteiger partial charge in [-0.15, -0.1) is 0 Å². The van der Waals surface area contributed by atoms with Crippen LogP contribution in [0.4, 0.5) is 0 Å². The van der Waals surface area contributed by atoms with Crippen LogP contribution in [0.1, 0.15) is 11.1 Å². The van der Waals surface area contributed by atoms with E-state index in [1.165, 1.54) is 11.1 Å². The van der Waals surface area contributed by atoms with Gasteiger partial charge in [0.25, 0.3) is 0 Å². The molecule has 3 rings (SSSR count). The minimum absolute atomic E-state index is 0.177. The average molecular weight is 287 g/mol. The number of ether oxygens (including phenoxy) is 2. The lowest BCUT2D eigenvalue weighted by molar-refractivity contribution is 0.199. The van der Waals surface area contributed by atoms with Crippen LogP contribution in [0, 0.1) is 0 Å². The first-order valence-corrected chi connectivity index (χ1v) is 7.30. The lowest BCUT2D eigenvalue weighted by atomic mass is 10.1. The van der Waals surface area contributed by atoms with Crippen LogP contribution in [-0.4, -0.2) is 36.1 Å². The maximum absolute atomic E-state index is 5.94. The van der Waals surface area contributed by atoms with Crippen molar-refractivity contribution in [1.82, 2.24) is 15.1 Å². The van der Waals surface area contributed by atoms with E-state index in [4.69, 9.17) is 9.47 Å². The quantitative estimate of drug-likeness (QED) is 0.786. The monoisotopic (exact) mass is 287 g/mol. The minimum atomic E-state index is 0.177. The zero-order valence-electron chi connectivity index (χ0n) is 12.3. The first-order chi connectivity index (χ1) is 10.3. The van der Waals surface area contributed by atoms with E-state index in [9.17, 15) is 0 Å². The summed E-state index contributed by atoms with van der Waals surface area (Å²) in [6.45, 7) is 3.17. The van der Waals surface area contributed by atoms with Crippen LogP contribution in [0.5, 0.6) is 5.75 Å². The second kappa shape index (κ2) is 6.74. The summed E-state index contributed by atoms with van der Waals surface area (Å²) < 4.78 is 12.9. The van der Waals surface area contributed by atoms with Crippen molar-refractivity contribution in [3.63, 3.8) is 0 Å². The van der Waals surface area contributed by atoms with Crippen molar-refractivity contribution in [1.29, 1.82) is 0 Å². The smallest absolute Gasteiger partial charge is 0.123 e. The Morgan fingerprint density at radius 3 is 3.19 bits per heavy atom. The molecule has 0 saturated heterocycles. The molecule has 2 heterocycles. The van der Waals surface area contributed by atoms with Gasteiger partial charge in [0.05, 0.1) is 19.3 Å². The Hall–Kier alpha value is -1.85. The van der Waals surface area contributed by atoms with Crippen LogP contribution in [0.25, 0.3) is 0 Å². The third kappa shape index (κ3) is 3.62. The Balaban J connectivity index is 1.49. The Bertz CT molecular complexity index is 557. The fourth-order valence-corrected chi connectivity index (χ4v) is 2.57. The van der Waals surface area contributed by atoms with E-state index in [1.54, 1.807) is 7.11 Å². The molecule has 2 aromatic rings. The Labute approximate surface area is 124 Å². The molecule has 112 valence electrons. The van der Waals surface area contributed by atoms with E-state index in [1.807, 2.05) is 23.0 Å². The highest BCUT2D eigenvalue weighted by Gasteiger charge is 2.22. The number of hydrogen-bond donors (Lipinski definition) is 1. The summed E-state index contributed by atoms with van der Waals surface area (Å²) in [5, 5.41) is 7.72. The number of methoxy groups -OCH3 is 1. The molecule has 1 N–H and O–H groups in total. The summed E-state index contributed by atoms with van der Waals surface area (Å²) in [7, 11) is 1.71. The van der Waals surface area contributed by atoms with Gasteiger partial charge in [0, 0.05) is 38.4 Å². The van der Waals surface area contributed by atoms with Crippen molar-refractivity contribution in [2.75, 3.05) is 20.3 Å². The molecule has 0 spiro atoms. The summed E-state index contributed by atoms with van der Waals surface area (Å²) in [6.07, 6.45) is 5.11. The Morgan fingerprint density at radius 1 is 1.43 bits per heavy atom. The number of nitrogens with zero attached hydrogens (tertiary/aromatic N) is 2. The average Bonchev–Trinajstić information content (AvgIpc) is 3.10. The largest absolute Gasteiger partial charge is 0.488 e. The van der Waals surface area contributed by atoms with Crippen LogP contribution < -0.4 is 10.1 Å². The zero-order valence-corrected chi connectivity index (χ0v) is 12.3. The van der Waals surface area contributed by atoms with Crippen molar-refractivity contribution in [3.8, 4) is 5.75 Å². The predicted molar refractivity (Wildman–Crippen MR) is 80.4 cm³/mol. The molecule has 1 aromatic carbocycles. The third-order valence-electron chi connectivity index (χ3n) is 3.60. The van der Waals surface area contributed by atoms with Crippen molar-refractivity contribution in [2.24, 2.45) is 0 Å². The van der Waals surface area contributed by atoms with E-state index in [-0.39, 0.29) is 6.10 Å². The number of benzene rings is 1. The van der Waals surface area contributed by atoms with Gasteiger partial charge in [-0.3, -0.25) is 4.68 Å². The molecule has 21 heavy (non-hydrogen) atoms. The number of hydrogen-bond acceptors (Lipinski definition) is 4. The van der Waals surface area contributed by atoms with Gasteiger partial charge >= 0.3 is 0 Å². The first kappa shape index (κ1) is 14.1. The molecule has 5 nitrogen and oxygen atoms in total. The van der Waals surface area contributed by atoms with E-state index in [2.05, 4.69) is 28.7 Å². The second-order valence-electron chi connectivity index (χ2n) is 5.29. The van der Waals surface area contributed by atoms with Crippen LogP contribution in [0.15, 0.2) is 36.7 Å². The maximum atomic E-state index is 5.94. The molecule has 1 atom stereocenters. The molecule has 0 amide bonds. The molecule has 0 aliphatic carbocycles. The molecule has 0 bridgehead atoms. The van der Waals surface area contributed by atoms with Gasteiger partial charge in [0.15, 0.2) is 0 Å². The fraction of sp³-hybridized carbons (Fsp3) is 0.438. The van der Waals surface area contributed by atoms with Gasteiger partial charge in [-0.25, -0.2) is 0 Å². The zero-order chi connectivity index (χ0) is 14.5. The van der Waals surface area contributed by atoms with Crippen molar-refractivity contribution in [2.45, 2.75) is 25.6 Å². The van der Waals surface area contributed by atoms with Crippen LogP contribution in [-0.2, 0) is 24.2 Å². The van der Waals surface area contributed by atoms with E-state index >= 15 is 0 Å². The normalized spacial score (nSPS) is 16.7. The molecule has 1 unspecified atom stereocenters. The first-order valence-electron chi connectivity index (χ1n) is 7.30. The lowest BCUT2D eigenvalue weighted by Crippen LogP contribution is -2.21. The number of rotatable bonds is 7. The molecular weight excluding hydrogens is 266 g/mol. The highest BCUT2D eigenvalue weighted by molar-refractivity contribution is 5.37. The second-order valence-corrected chi connectivity index (χ2v) is 5.29. The van der Waals surface area contributed by atoms with Crippen molar-refractivity contribution >= 4 is 0 Å². The summed E-state index contributed by atoms with van der Waals surface area (Å²) in [6, 6.07) is 8.23. The summed E-state index contributed by atoms with van der Waals surface area (Å²) >= 11 is 0. The Morgan fingerprint density at radius 2 is 2.33 bits per heavy atom. The summed E-state index contributed by atoms with van der Waals surface area (Å²) in [5.41, 5.74) is 2.47. The number of aromatic nitrogens is 2. The van der Waals surface area contributed by atoms with E-state index in [0.29, 0.717) is 0 Å². The molecular formula is C16H21N3O2. The third-order valence-corrected chi connectivity index (χ3v) is 3.60. The standard InChI is InChI=1S/C16H21N3O2/c1-20-7-6-17-9-13-10-18-19(11-13)12-15-8-14-4-2-3-5-16(14)21-15/h2-5,10-11,15,17H,6-9,12H2,1H3. The SMILES string of the molecule is COCCNCc1cnn(CC2Cc3ccccc3O2)c1. The van der Waals surface area contributed by atoms with Crippen molar-refractivity contribution in [3.05, 3.63) is 47.8 Å². The van der Waals surface area contributed by atoms with E-state index < -0.39 is 0 Å². The molecule has 0 fully saturated rings. The highest BCUT2D eigenvalue weighted by atomic mass is 16.5. The van der Waals surface area contributed by atoms with Gasteiger partial charge < -0.3 is 14.8 Å². The van der Waals surface area contributed by atoms with Gasteiger partial charge in [-0.2, -0.15) is 5.10 Å². The highest BCUT2D eigenvalue weighted by Crippen LogP contribution is 2.28. The summed E-state index contributed by atoms with van der Waals surface area (Å²) in [4.78, 5) is 0. The maximum Gasteiger partial charge on any atom is 0.123 e. The Kier molecular flexibility index (Phi) is 4.52. The molecule has 1 aromatic heterocycles. The lowest BCUT2D eigenvalue weighted by Gasteiger charge is -2.10. The van der Waals surface area contributed by atoms with Crippen LogP contribution in [0.2, 0.25) is 0 Å². The fourth-order valence-electron chi connectivity index (χ4n) is 2.57. The molecule has 1 aliphatic rings. The summed E-state index contributed by atoms with van der Waals surface area (Å²) in [5.74, 6) is 1.01. The topological polar surface area (TPSA) is 48.3 Å². The van der Waals surface area contributed by atoms with Gasteiger partial charge in [0.2, 0.25) is 0 Å². The molecule has 1 aliphatic heterocycles. The van der Waals surface area contributed by atoms with Crippen LogP contribution in [0.3, 0.4) is 0 Å². The number of para-hydroxylation sites is 1. The molecule has 0 radical (unpaired) electrons. The van der Waals surface area contributed by atoms with Gasteiger partial charge in [-0.05, 0) is 11.6 Å². The number of nitrogens with one attached hydrogen (secondary N) is 1. The predicted octanol–water partition coefficient (Wildman–Crippen LogP) is 1.62.